The summed E-state index contributed by atoms with van der Waals surface area (Å²) in [6.07, 6.45) is 4.61. The molecule has 1 unspecified atom stereocenters. The minimum absolute atomic E-state index is 0.171. The Morgan fingerprint density at radius 1 is 0.900 bits per heavy atom. The fourth-order valence-electron chi connectivity index (χ4n) is 4.08. The number of fused-ring (bicyclic) bond motifs is 1. The molecule has 0 bridgehead atoms. The van der Waals surface area contributed by atoms with E-state index < -0.39 is 0 Å². The number of pyridine rings is 1. The zero-order chi connectivity index (χ0) is 20.5. The highest BCUT2D eigenvalue weighted by Gasteiger charge is 2.29. The Hall–Kier alpha value is -2.96. The molecular weight excluding hydrogens is 394 g/mol. The highest BCUT2D eigenvalue weighted by atomic mass is 32.2. The summed E-state index contributed by atoms with van der Waals surface area (Å²) in [6, 6.07) is 18.9. The van der Waals surface area contributed by atoms with E-state index in [2.05, 4.69) is 51.0 Å². The Morgan fingerprint density at radius 3 is 2.40 bits per heavy atom. The third-order valence-electron chi connectivity index (χ3n) is 5.67. The topological polar surface area (TPSA) is 62.3 Å². The van der Waals surface area contributed by atoms with Gasteiger partial charge in [0.1, 0.15) is 0 Å². The first-order chi connectivity index (χ1) is 14.7. The maximum Gasteiger partial charge on any atom is 0.234 e. The zero-order valence-corrected chi connectivity index (χ0v) is 17.2. The van der Waals surface area contributed by atoms with E-state index in [1.54, 1.807) is 11.9 Å². The summed E-state index contributed by atoms with van der Waals surface area (Å²) in [4.78, 5) is 28.9. The second-order valence-electron chi connectivity index (χ2n) is 7.68. The molecule has 30 heavy (non-hydrogen) atoms. The van der Waals surface area contributed by atoms with Crippen LogP contribution in [0.3, 0.4) is 0 Å². The number of nitrogens with one attached hydrogen (secondary N) is 1. The molecule has 1 saturated heterocycles. The number of nitrogens with zero attached hydrogens (tertiary/aromatic N) is 2. The van der Waals surface area contributed by atoms with Gasteiger partial charge in [-0.2, -0.15) is 0 Å². The van der Waals surface area contributed by atoms with Crippen LogP contribution >= 0.6 is 11.9 Å². The van der Waals surface area contributed by atoms with Crippen molar-refractivity contribution in [2.45, 2.75) is 36.7 Å². The van der Waals surface area contributed by atoms with E-state index in [9.17, 15) is 9.59 Å². The lowest BCUT2D eigenvalue weighted by molar-refractivity contribution is -0.134. The lowest BCUT2D eigenvalue weighted by Crippen LogP contribution is -2.39. The quantitative estimate of drug-likeness (QED) is 0.509. The molecule has 2 aromatic carbocycles. The fourth-order valence-corrected chi connectivity index (χ4v) is 5.04. The van der Waals surface area contributed by atoms with Gasteiger partial charge in [0.15, 0.2) is 0 Å². The Kier molecular flexibility index (Phi) is 5.11. The Bertz CT molecular complexity index is 1100. The SMILES string of the molecule is O=C1CCC(c2ccc3c(c2)CN(Sc2ccc(-c4ccncc4)cc2)C3)C(=O)N1. The van der Waals surface area contributed by atoms with Gasteiger partial charge < -0.3 is 0 Å². The normalized spacial score (nSPS) is 18.9. The van der Waals surface area contributed by atoms with E-state index in [-0.39, 0.29) is 17.7 Å². The second kappa shape index (κ2) is 8.05. The first-order valence-electron chi connectivity index (χ1n) is 10.0. The molecule has 0 spiro atoms. The smallest absolute Gasteiger partial charge is 0.234 e. The minimum Gasteiger partial charge on any atom is -0.296 e. The lowest BCUT2D eigenvalue weighted by Gasteiger charge is -2.21. The molecule has 5 rings (SSSR count). The van der Waals surface area contributed by atoms with Crippen LogP contribution < -0.4 is 5.32 Å². The summed E-state index contributed by atoms with van der Waals surface area (Å²) in [5.41, 5.74) is 5.91. The van der Waals surface area contributed by atoms with Crippen LogP contribution in [0.4, 0.5) is 0 Å². The molecule has 5 nitrogen and oxygen atoms in total. The predicted octanol–water partition coefficient (Wildman–Crippen LogP) is 4.29. The van der Waals surface area contributed by atoms with E-state index in [0.717, 1.165) is 24.2 Å². The number of carbonyl (C=O) groups excluding carboxylic acids is 2. The van der Waals surface area contributed by atoms with E-state index in [0.29, 0.717) is 12.8 Å². The molecule has 0 aliphatic carbocycles. The number of hydrogen-bond acceptors (Lipinski definition) is 5. The van der Waals surface area contributed by atoms with Gasteiger partial charge in [-0.05, 0) is 70.5 Å². The molecule has 150 valence electrons. The largest absolute Gasteiger partial charge is 0.296 e. The standard InChI is InChI=1S/C24H21N3O2S/c28-23-8-7-22(24(29)26-23)18-1-2-19-14-27(15-20(19)13-18)30-21-5-3-16(4-6-21)17-9-11-25-12-10-17/h1-6,9-13,22H,7-8,14-15H2,(H,26,28,29). The van der Waals surface area contributed by atoms with Crippen LogP contribution in [0, 0.1) is 0 Å². The number of carbonyl (C=O) groups is 2. The van der Waals surface area contributed by atoms with Crippen molar-refractivity contribution in [1.29, 1.82) is 0 Å². The summed E-state index contributed by atoms with van der Waals surface area (Å²) in [6.45, 7) is 1.72. The van der Waals surface area contributed by atoms with E-state index in [4.69, 9.17) is 0 Å². The third kappa shape index (κ3) is 3.88. The van der Waals surface area contributed by atoms with Crippen molar-refractivity contribution in [3.63, 3.8) is 0 Å². The molecule has 2 amide bonds. The van der Waals surface area contributed by atoms with Crippen LogP contribution in [-0.2, 0) is 22.7 Å². The second-order valence-corrected chi connectivity index (χ2v) is 8.85. The van der Waals surface area contributed by atoms with Gasteiger partial charge in [-0.1, -0.05) is 30.3 Å². The number of aromatic nitrogens is 1. The van der Waals surface area contributed by atoms with Crippen molar-refractivity contribution in [1.82, 2.24) is 14.6 Å². The number of benzene rings is 2. The van der Waals surface area contributed by atoms with Gasteiger partial charge in [0.05, 0.1) is 5.92 Å². The first kappa shape index (κ1) is 19.0. The molecule has 0 radical (unpaired) electrons. The zero-order valence-electron chi connectivity index (χ0n) is 16.4. The van der Waals surface area contributed by atoms with Crippen molar-refractivity contribution in [2.75, 3.05) is 0 Å². The van der Waals surface area contributed by atoms with Crippen molar-refractivity contribution < 1.29 is 9.59 Å². The highest BCUT2D eigenvalue weighted by Crippen LogP contribution is 2.36. The predicted molar refractivity (Wildman–Crippen MR) is 116 cm³/mol. The molecular formula is C24H21N3O2S. The molecule has 1 atom stereocenters. The summed E-state index contributed by atoms with van der Waals surface area (Å²) < 4.78 is 2.33. The molecule has 1 fully saturated rings. The number of imide groups is 1. The number of rotatable bonds is 4. The Labute approximate surface area is 179 Å². The highest BCUT2D eigenvalue weighted by molar-refractivity contribution is 7.97. The maximum absolute atomic E-state index is 12.2. The molecule has 2 aliphatic heterocycles. The molecule has 3 aromatic rings. The van der Waals surface area contributed by atoms with Gasteiger partial charge in [0, 0.05) is 36.8 Å². The van der Waals surface area contributed by atoms with Crippen LogP contribution in [0.2, 0.25) is 0 Å². The Morgan fingerprint density at radius 2 is 1.63 bits per heavy atom. The van der Waals surface area contributed by atoms with Crippen LogP contribution in [0.25, 0.3) is 11.1 Å². The van der Waals surface area contributed by atoms with Gasteiger partial charge in [-0.15, -0.1) is 0 Å². The van der Waals surface area contributed by atoms with Crippen LogP contribution in [-0.4, -0.2) is 21.1 Å². The third-order valence-corrected chi connectivity index (χ3v) is 6.67. The molecule has 1 aromatic heterocycles. The van der Waals surface area contributed by atoms with Gasteiger partial charge in [-0.3, -0.25) is 19.9 Å². The summed E-state index contributed by atoms with van der Waals surface area (Å²) in [5, 5.41) is 2.46. The van der Waals surface area contributed by atoms with Crippen molar-refractivity contribution in [3.8, 4) is 11.1 Å². The maximum atomic E-state index is 12.2. The van der Waals surface area contributed by atoms with Crippen molar-refractivity contribution in [2.24, 2.45) is 0 Å². The Balaban J connectivity index is 1.26. The van der Waals surface area contributed by atoms with Gasteiger partial charge in [0.2, 0.25) is 11.8 Å². The van der Waals surface area contributed by atoms with Crippen LogP contribution in [0.1, 0.15) is 35.4 Å². The molecule has 2 aliphatic rings. The molecule has 0 saturated carbocycles. The van der Waals surface area contributed by atoms with E-state index >= 15 is 0 Å². The number of hydrogen-bond donors (Lipinski definition) is 1. The number of piperidine rings is 1. The first-order valence-corrected chi connectivity index (χ1v) is 10.8. The molecule has 3 heterocycles. The summed E-state index contributed by atoms with van der Waals surface area (Å²) in [7, 11) is 0. The summed E-state index contributed by atoms with van der Waals surface area (Å²) in [5.74, 6) is -0.574. The van der Waals surface area contributed by atoms with Gasteiger partial charge in [-0.25, -0.2) is 4.31 Å². The molecule has 6 heteroatoms. The van der Waals surface area contributed by atoms with Crippen molar-refractivity contribution in [3.05, 3.63) is 83.7 Å². The molecule has 1 N–H and O–H groups in total. The fraction of sp³-hybridized carbons (Fsp3) is 0.208. The van der Waals surface area contributed by atoms with Crippen LogP contribution in [0.5, 0.6) is 0 Å². The monoisotopic (exact) mass is 415 g/mol. The average Bonchev–Trinajstić information content (AvgIpc) is 3.16. The van der Waals surface area contributed by atoms with E-state index in [1.807, 2.05) is 30.6 Å². The number of amides is 2. The van der Waals surface area contributed by atoms with Crippen molar-refractivity contribution >= 4 is 23.8 Å². The average molecular weight is 416 g/mol. The summed E-state index contributed by atoms with van der Waals surface area (Å²) >= 11 is 1.75. The van der Waals surface area contributed by atoms with E-state index in [1.165, 1.54) is 21.6 Å². The minimum atomic E-state index is -0.226. The lowest BCUT2D eigenvalue weighted by atomic mass is 9.89. The van der Waals surface area contributed by atoms with Gasteiger partial charge >= 0.3 is 0 Å². The van der Waals surface area contributed by atoms with Gasteiger partial charge in [0.25, 0.3) is 0 Å². The van der Waals surface area contributed by atoms with Crippen LogP contribution in [0.15, 0.2) is 71.9 Å².